The predicted octanol–water partition coefficient (Wildman–Crippen LogP) is 2.93. The van der Waals surface area contributed by atoms with Crippen molar-refractivity contribution in [3.8, 4) is 5.75 Å². The van der Waals surface area contributed by atoms with E-state index < -0.39 is 5.97 Å². The molecule has 1 aromatic carbocycles. The fourth-order valence-electron chi connectivity index (χ4n) is 3.10. The number of ether oxygens (including phenoxy) is 1. The van der Waals surface area contributed by atoms with Crippen molar-refractivity contribution in [1.29, 1.82) is 0 Å². The first kappa shape index (κ1) is 11.6. The Labute approximate surface area is 107 Å². The molecule has 1 spiro atoms. The minimum Gasteiger partial charge on any atom is -0.493 e. The van der Waals surface area contributed by atoms with Crippen LogP contribution in [-0.4, -0.2) is 17.7 Å². The Balaban J connectivity index is 2.05. The maximum absolute atomic E-state index is 11.2. The number of hydrogen-bond donors (Lipinski definition) is 1. The van der Waals surface area contributed by atoms with Crippen LogP contribution in [0.2, 0.25) is 0 Å². The van der Waals surface area contributed by atoms with Crippen molar-refractivity contribution in [3.05, 3.63) is 29.3 Å². The molecule has 2 atom stereocenters. The molecule has 0 bridgehead atoms. The maximum Gasteiger partial charge on any atom is 0.307 e. The summed E-state index contributed by atoms with van der Waals surface area (Å²) < 4.78 is 5.67. The number of hydrogen-bond acceptors (Lipinski definition) is 2. The molecular weight excluding hydrogens is 228 g/mol. The van der Waals surface area contributed by atoms with E-state index in [0.29, 0.717) is 12.5 Å². The minimum atomic E-state index is -0.669. The Bertz CT molecular complexity index is 506. The van der Waals surface area contributed by atoms with Crippen molar-refractivity contribution in [1.82, 2.24) is 0 Å². The lowest BCUT2D eigenvalue weighted by Crippen LogP contribution is -2.24. The molecule has 0 radical (unpaired) electrons. The van der Waals surface area contributed by atoms with Gasteiger partial charge in [-0.15, -0.1) is 0 Å². The van der Waals surface area contributed by atoms with Gasteiger partial charge in [0.2, 0.25) is 0 Å². The van der Waals surface area contributed by atoms with E-state index in [2.05, 4.69) is 26.0 Å². The van der Waals surface area contributed by atoms with E-state index in [-0.39, 0.29) is 11.3 Å². The summed E-state index contributed by atoms with van der Waals surface area (Å²) in [7, 11) is 0. The Kier molecular flexibility index (Phi) is 2.40. The molecule has 1 heterocycles. The predicted molar refractivity (Wildman–Crippen MR) is 68.1 cm³/mol. The highest BCUT2D eigenvalue weighted by Crippen LogP contribution is 2.60. The van der Waals surface area contributed by atoms with Crippen molar-refractivity contribution >= 4 is 5.97 Å². The smallest absolute Gasteiger partial charge is 0.307 e. The first-order valence-corrected chi connectivity index (χ1v) is 6.54. The maximum atomic E-state index is 11.2. The highest BCUT2D eigenvalue weighted by molar-refractivity contribution is 5.78. The van der Waals surface area contributed by atoms with Crippen LogP contribution in [0.25, 0.3) is 0 Å². The Hall–Kier alpha value is -1.51. The normalized spacial score (nSPS) is 28.9. The third-order valence-corrected chi connectivity index (χ3v) is 4.39. The second-order valence-corrected chi connectivity index (χ2v) is 5.76. The molecule has 3 rings (SSSR count). The lowest BCUT2D eigenvalue weighted by molar-refractivity contribution is -0.139. The summed E-state index contributed by atoms with van der Waals surface area (Å²) in [5.41, 5.74) is 2.23. The third-order valence-electron chi connectivity index (χ3n) is 4.39. The van der Waals surface area contributed by atoms with Crippen molar-refractivity contribution in [3.63, 3.8) is 0 Å². The number of carboxylic acid groups (broad SMARTS) is 1. The molecule has 1 aromatic rings. The van der Waals surface area contributed by atoms with Gasteiger partial charge >= 0.3 is 5.97 Å². The second kappa shape index (κ2) is 3.74. The molecule has 18 heavy (non-hydrogen) atoms. The number of rotatable bonds is 2. The van der Waals surface area contributed by atoms with Crippen molar-refractivity contribution in [2.75, 3.05) is 6.61 Å². The lowest BCUT2D eigenvalue weighted by Gasteiger charge is -2.27. The minimum absolute atomic E-state index is 0.148. The first-order chi connectivity index (χ1) is 8.54. The van der Waals surface area contributed by atoms with Gasteiger partial charge in [0.25, 0.3) is 0 Å². The Morgan fingerprint density at radius 2 is 2.28 bits per heavy atom. The first-order valence-electron chi connectivity index (χ1n) is 6.54. The zero-order valence-electron chi connectivity index (χ0n) is 10.8. The third kappa shape index (κ3) is 1.53. The van der Waals surface area contributed by atoms with Gasteiger partial charge in [-0.25, -0.2) is 0 Å². The highest BCUT2D eigenvalue weighted by Gasteiger charge is 2.61. The summed E-state index contributed by atoms with van der Waals surface area (Å²) in [4.78, 5) is 11.2. The van der Waals surface area contributed by atoms with E-state index in [1.54, 1.807) is 0 Å². The van der Waals surface area contributed by atoms with Crippen molar-refractivity contribution in [2.24, 2.45) is 5.92 Å². The Morgan fingerprint density at radius 3 is 2.89 bits per heavy atom. The molecule has 1 N–H and O–H groups in total. The van der Waals surface area contributed by atoms with Gasteiger partial charge < -0.3 is 9.84 Å². The molecule has 0 saturated heterocycles. The van der Waals surface area contributed by atoms with E-state index in [1.165, 1.54) is 5.56 Å². The van der Waals surface area contributed by atoms with Crippen LogP contribution in [0.5, 0.6) is 5.75 Å². The van der Waals surface area contributed by atoms with Crippen molar-refractivity contribution < 1.29 is 14.6 Å². The van der Waals surface area contributed by atoms with Gasteiger partial charge in [0.05, 0.1) is 12.5 Å². The summed E-state index contributed by atoms with van der Waals surface area (Å²) in [6.07, 6.45) is 1.60. The van der Waals surface area contributed by atoms with Crippen molar-refractivity contribution in [2.45, 2.75) is 38.0 Å². The average Bonchev–Trinajstić information content (AvgIpc) is 3.05. The summed E-state index contributed by atoms with van der Waals surface area (Å²) in [5.74, 6) is 0.450. The summed E-state index contributed by atoms with van der Waals surface area (Å²) >= 11 is 0. The van der Waals surface area contributed by atoms with Crippen LogP contribution in [0.15, 0.2) is 18.2 Å². The molecule has 0 unspecified atom stereocenters. The number of carbonyl (C=O) groups is 1. The highest BCUT2D eigenvalue weighted by atomic mass is 16.5. The van der Waals surface area contributed by atoms with Gasteiger partial charge in [-0.2, -0.15) is 0 Å². The van der Waals surface area contributed by atoms with Gasteiger partial charge in [0.15, 0.2) is 0 Å². The molecule has 0 aromatic heterocycles. The zero-order chi connectivity index (χ0) is 12.9. The molecule has 1 aliphatic heterocycles. The number of benzene rings is 1. The monoisotopic (exact) mass is 246 g/mol. The largest absolute Gasteiger partial charge is 0.493 e. The Morgan fingerprint density at radius 1 is 1.50 bits per heavy atom. The average molecular weight is 246 g/mol. The van der Waals surface area contributed by atoms with Crippen LogP contribution >= 0.6 is 0 Å². The molecular formula is C15H18O3. The summed E-state index contributed by atoms with van der Waals surface area (Å²) in [6.45, 7) is 4.94. The zero-order valence-corrected chi connectivity index (χ0v) is 10.8. The molecule has 1 aliphatic carbocycles. The second-order valence-electron chi connectivity index (χ2n) is 5.76. The molecule has 0 amide bonds. The lowest BCUT2D eigenvalue weighted by atomic mass is 9.85. The number of carboxylic acids is 1. The van der Waals surface area contributed by atoms with Gasteiger partial charge in [0, 0.05) is 11.0 Å². The fourth-order valence-corrected chi connectivity index (χ4v) is 3.10. The van der Waals surface area contributed by atoms with Gasteiger partial charge in [-0.05, 0) is 30.4 Å². The van der Waals surface area contributed by atoms with Crippen LogP contribution in [0.1, 0.15) is 43.7 Å². The van der Waals surface area contributed by atoms with E-state index in [4.69, 9.17) is 4.74 Å². The van der Waals surface area contributed by atoms with E-state index >= 15 is 0 Å². The number of aliphatic carboxylic acids is 1. The summed E-state index contributed by atoms with van der Waals surface area (Å²) in [5, 5.41) is 9.23. The van der Waals surface area contributed by atoms with Crippen LogP contribution in [0.3, 0.4) is 0 Å². The quantitative estimate of drug-likeness (QED) is 0.872. The van der Waals surface area contributed by atoms with Gasteiger partial charge in [-0.3, -0.25) is 4.79 Å². The van der Waals surface area contributed by atoms with Gasteiger partial charge in [-0.1, -0.05) is 26.0 Å². The molecule has 2 aliphatic rings. The van der Waals surface area contributed by atoms with E-state index in [0.717, 1.165) is 24.2 Å². The molecule has 1 saturated carbocycles. The van der Waals surface area contributed by atoms with E-state index in [1.807, 2.05) is 6.07 Å². The van der Waals surface area contributed by atoms with Crippen LogP contribution in [-0.2, 0) is 10.2 Å². The van der Waals surface area contributed by atoms with E-state index in [9.17, 15) is 9.90 Å². The van der Waals surface area contributed by atoms with Crippen LogP contribution in [0.4, 0.5) is 0 Å². The van der Waals surface area contributed by atoms with Crippen LogP contribution in [0, 0.1) is 5.92 Å². The molecule has 3 heteroatoms. The molecule has 96 valence electrons. The SMILES string of the molecule is CC(C)c1ccc2c(c1)[C@]1(CCO2)C[C@@H]1C(=O)O. The standard InChI is InChI=1S/C15H18O3/c1-9(2)10-3-4-13-11(7-10)15(5-6-18-13)8-12(15)14(16)17/h3-4,7,9,12H,5-6,8H2,1-2H3,(H,16,17)/t12-,15+/m1/s1. The summed E-state index contributed by atoms with van der Waals surface area (Å²) in [6, 6.07) is 6.24. The van der Waals surface area contributed by atoms with Gasteiger partial charge in [0.1, 0.15) is 5.75 Å². The molecule has 3 nitrogen and oxygen atoms in total. The van der Waals surface area contributed by atoms with Crippen LogP contribution < -0.4 is 4.74 Å². The fraction of sp³-hybridized carbons (Fsp3) is 0.533. The topological polar surface area (TPSA) is 46.5 Å². The molecule has 1 fully saturated rings. The number of fused-ring (bicyclic) bond motifs is 2.